The summed E-state index contributed by atoms with van der Waals surface area (Å²) in [7, 11) is 0. The molecule has 0 N–H and O–H groups in total. The lowest BCUT2D eigenvalue weighted by molar-refractivity contribution is 0.647. The van der Waals surface area contributed by atoms with Gasteiger partial charge in [-0.1, -0.05) is 49.7 Å². The number of benzene rings is 2. The van der Waals surface area contributed by atoms with Crippen LogP contribution < -0.4 is 0 Å². The molecule has 1 heterocycles. The summed E-state index contributed by atoms with van der Waals surface area (Å²) in [5, 5.41) is 1.19. The summed E-state index contributed by atoms with van der Waals surface area (Å²) in [6.07, 6.45) is 1.11. The maximum Gasteiger partial charge on any atom is 0.0709 e. The van der Waals surface area contributed by atoms with Gasteiger partial charge in [0, 0.05) is 10.9 Å². The van der Waals surface area contributed by atoms with Gasteiger partial charge in [0.25, 0.3) is 0 Å². The van der Waals surface area contributed by atoms with Gasteiger partial charge in [-0.15, -0.1) is 0 Å². The second-order valence-electron chi connectivity index (χ2n) is 6.19. The first-order chi connectivity index (χ1) is 10.1. The molecule has 3 aromatic rings. The largest absolute Gasteiger partial charge is 0.248 e. The molecule has 0 atom stereocenters. The van der Waals surface area contributed by atoms with Crippen LogP contribution in [0.15, 0.2) is 54.6 Å². The molecule has 21 heavy (non-hydrogen) atoms. The van der Waals surface area contributed by atoms with Gasteiger partial charge in [0.05, 0.1) is 11.2 Å². The normalized spacial score (nSPS) is 11.2. The van der Waals surface area contributed by atoms with Gasteiger partial charge in [-0.05, 0) is 49.1 Å². The molecule has 1 nitrogen and oxygen atoms in total. The van der Waals surface area contributed by atoms with Crippen LogP contribution in [0.3, 0.4) is 0 Å². The van der Waals surface area contributed by atoms with Crippen LogP contribution in [0.4, 0.5) is 0 Å². The van der Waals surface area contributed by atoms with E-state index in [9.17, 15) is 0 Å². The fraction of sp³-hybridized carbons (Fsp3) is 0.250. The number of nitrogens with zero attached hydrogens (tertiary/aromatic N) is 1. The lowest BCUT2D eigenvalue weighted by Gasteiger charge is -2.10. The third kappa shape index (κ3) is 3.13. The van der Waals surface area contributed by atoms with Crippen LogP contribution in [-0.2, 0) is 6.42 Å². The van der Waals surface area contributed by atoms with Gasteiger partial charge in [0.15, 0.2) is 0 Å². The van der Waals surface area contributed by atoms with E-state index in [2.05, 4.69) is 69.3 Å². The zero-order chi connectivity index (χ0) is 14.8. The van der Waals surface area contributed by atoms with E-state index in [1.54, 1.807) is 0 Å². The van der Waals surface area contributed by atoms with E-state index >= 15 is 0 Å². The first-order valence-electron chi connectivity index (χ1n) is 7.58. The molecular weight excluding hydrogens is 254 g/mol. The van der Waals surface area contributed by atoms with Crippen molar-refractivity contribution in [3.05, 3.63) is 65.7 Å². The summed E-state index contributed by atoms with van der Waals surface area (Å²) >= 11 is 0. The zero-order valence-electron chi connectivity index (χ0n) is 12.9. The number of rotatable bonds is 3. The van der Waals surface area contributed by atoms with Crippen molar-refractivity contribution in [3.8, 4) is 11.3 Å². The lowest BCUT2D eigenvalue weighted by Crippen LogP contribution is -1.96. The quantitative estimate of drug-likeness (QED) is 0.623. The molecule has 1 aromatic heterocycles. The van der Waals surface area contributed by atoms with Gasteiger partial charge in [-0.25, -0.2) is 4.98 Å². The fourth-order valence-electron chi connectivity index (χ4n) is 2.83. The molecule has 0 aliphatic rings. The molecular formula is C20H21N. The molecule has 1 heteroatoms. The van der Waals surface area contributed by atoms with Crippen LogP contribution in [0.1, 0.15) is 25.0 Å². The van der Waals surface area contributed by atoms with Crippen molar-refractivity contribution in [1.82, 2.24) is 4.98 Å². The van der Waals surface area contributed by atoms with Gasteiger partial charge < -0.3 is 0 Å². The second kappa shape index (κ2) is 5.69. The second-order valence-corrected chi connectivity index (χ2v) is 6.19. The van der Waals surface area contributed by atoms with Crippen molar-refractivity contribution in [1.29, 1.82) is 0 Å². The van der Waals surface area contributed by atoms with E-state index in [1.165, 1.54) is 22.1 Å². The van der Waals surface area contributed by atoms with Crippen molar-refractivity contribution in [2.24, 2.45) is 5.92 Å². The highest BCUT2D eigenvalue weighted by atomic mass is 14.7. The van der Waals surface area contributed by atoms with Crippen LogP contribution in [0.5, 0.6) is 0 Å². The van der Waals surface area contributed by atoms with Gasteiger partial charge in [0.1, 0.15) is 0 Å². The smallest absolute Gasteiger partial charge is 0.0709 e. The fourth-order valence-corrected chi connectivity index (χ4v) is 2.83. The summed E-state index contributed by atoms with van der Waals surface area (Å²) in [5.41, 5.74) is 6.04. The van der Waals surface area contributed by atoms with E-state index < -0.39 is 0 Å². The molecule has 106 valence electrons. The Kier molecular flexibility index (Phi) is 3.74. The number of aromatic nitrogens is 1. The maximum atomic E-state index is 4.81. The minimum absolute atomic E-state index is 0.671. The minimum atomic E-state index is 0.671. The zero-order valence-corrected chi connectivity index (χ0v) is 12.9. The number of pyridine rings is 1. The Morgan fingerprint density at radius 1 is 0.952 bits per heavy atom. The highest BCUT2D eigenvalue weighted by Gasteiger charge is 2.05. The molecule has 0 fully saturated rings. The van der Waals surface area contributed by atoms with Crippen LogP contribution in [0, 0.1) is 12.8 Å². The van der Waals surface area contributed by atoms with Crippen molar-refractivity contribution in [2.75, 3.05) is 0 Å². The Labute approximate surface area is 126 Å². The molecule has 0 bridgehead atoms. The lowest BCUT2D eigenvalue weighted by atomic mass is 9.97. The molecule has 0 aliphatic heterocycles. The van der Waals surface area contributed by atoms with Crippen molar-refractivity contribution >= 4 is 10.9 Å². The average Bonchev–Trinajstić information content (AvgIpc) is 2.45. The number of hydrogen-bond donors (Lipinski definition) is 0. The third-order valence-electron chi connectivity index (χ3n) is 3.68. The SMILES string of the molecule is Cc1cc(CC(C)C)cc(-c2ccc3ccccc3n2)c1. The average molecular weight is 275 g/mol. The summed E-state index contributed by atoms with van der Waals surface area (Å²) < 4.78 is 0. The van der Waals surface area contributed by atoms with E-state index in [0.717, 1.165) is 17.6 Å². The van der Waals surface area contributed by atoms with Gasteiger partial charge in [0.2, 0.25) is 0 Å². The monoisotopic (exact) mass is 275 g/mol. The van der Waals surface area contributed by atoms with Gasteiger partial charge >= 0.3 is 0 Å². The molecule has 2 aromatic carbocycles. The van der Waals surface area contributed by atoms with E-state index in [0.29, 0.717) is 5.92 Å². The Hall–Kier alpha value is -2.15. The van der Waals surface area contributed by atoms with Gasteiger partial charge in [-0.2, -0.15) is 0 Å². The van der Waals surface area contributed by atoms with Crippen LogP contribution in [-0.4, -0.2) is 4.98 Å². The highest BCUT2D eigenvalue weighted by Crippen LogP contribution is 2.24. The van der Waals surface area contributed by atoms with Crippen molar-refractivity contribution in [3.63, 3.8) is 0 Å². The van der Waals surface area contributed by atoms with E-state index in [1.807, 2.05) is 6.07 Å². The van der Waals surface area contributed by atoms with Crippen molar-refractivity contribution < 1.29 is 0 Å². The van der Waals surface area contributed by atoms with Crippen molar-refractivity contribution in [2.45, 2.75) is 27.2 Å². The molecule has 3 rings (SSSR count). The predicted octanol–water partition coefficient (Wildman–Crippen LogP) is 5.41. The number of fused-ring (bicyclic) bond motifs is 1. The molecule has 0 saturated carbocycles. The summed E-state index contributed by atoms with van der Waals surface area (Å²) in [6.45, 7) is 6.68. The molecule has 0 spiro atoms. The summed E-state index contributed by atoms with van der Waals surface area (Å²) in [4.78, 5) is 4.81. The summed E-state index contributed by atoms with van der Waals surface area (Å²) in [5.74, 6) is 0.671. The standard InChI is InChI=1S/C20H21N/c1-14(2)10-16-11-15(3)12-18(13-16)20-9-8-17-6-4-5-7-19(17)21-20/h4-9,11-14H,10H2,1-3H3. The maximum absolute atomic E-state index is 4.81. The highest BCUT2D eigenvalue weighted by molar-refractivity contribution is 5.81. The molecule has 0 unspecified atom stereocenters. The first-order valence-corrected chi connectivity index (χ1v) is 7.58. The van der Waals surface area contributed by atoms with Gasteiger partial charge in [-0.3, -0.25) is 0 Å². The van der Waals surface area contributed by atoms with Crippen LogP contribution in [0.25, 0.3) is 22.2 Å². The Bertz CT molecular complexity index is 772. The summed E-state index contributed by atoms with van der Waals surface area (Å²) in [6, 6.07) is 19.3. The first kappa shape index (κ1) is 13.8. The molecule has 0 saturated heterocycles. The molecule has 0 amide bonds. The predicted molar refractivity (Wildman–Crippen MR) is 90.5 cm³/mol. The van der Waals surface area contributed by atoms with E-state index in [-0.39, 0.29) is 0 Å². The van der Waals surface area contributed by atoms with E-state index in [4.69, 9.17) is 4.98 Å². The topological polar surface area (TPSA) is 12.9 Å². The Morgan fingerprint density at radius 3 is 2.57 bits per heavy atom. The third-order valence-corrected chi connectivity index (χ3v) is 3.68. The molecule has 0 radical (unpaired) electrons. The molecule has 0 aliphatic carbocycles. The van der Waals surface area contributed by atoms with Crippen LogP contribution in [0.2, 0.25) is 0 Å². The number of hydrogen-bond acceptors (Lipinski definition) is 1. The minimum Gasteiger partial charge on any atom is -0.248 e. The number of para-hydroxylation sites is 1. The Balaban J connectivity index is 2.06. The van der Waals surface area contributed by atoms with Crippen LogP contribution >= 0.6 is 0 Å². The number of aryl methyl sites for hydroxylation is 1. The Morgan fingerprint density at radius 2 is 1.76 bits per heavy atom.